The number of carbonyl (C=O) groups excluding carboxylic acids is 1. The molecule has 5 aliphatic rings. The summed E-state index contributed by atoms with van der Waals surface area (Å²) in [5, 5.41) is 3.57. The van der Waals surface area contributed by atoms with Gasteiger partial charge in [0.1, 0.15) is 0 Å². The van der Waals surface area contributed by atoms with E-state index in [-0.39, 0.29) is 0 Å². The van der Waals surface area contributed by atoms with Gasteiger partial charge in [-0.05, 0) is 106 Å². The van der Waals surface area contributed by atoms with Crippen LogP contribution in [0.2, 0.25) is 0 Å². The molecule has 4 aliphatic carbocycles. The Hall–Kier alpha value is -1.22. The van der Waals surface area contributed by atoms with Crippen LogP contribution in [0.25, 0.3) is 0 Å². The molecule has 1 N–H and O–H groups in total. The summed E-state index contributed by atoms with van der Waals surface area (Å²) in [6.07, 6.45) is 15.3. The van der Waals surface area contributed by atoms with Crippen LogP contribution in [0.4, 0.5) is 0 Å². The van der Waals surface area contributed by atoms with Gasteiger partial charge in [0.2, 0.25) is 0 Å². The van der Waals surface area contributed by atoms with Gasteiger partial charge < -0.3 is 5.32 Å². The molecular formula is C29H44N2O. The topological polar surface area (TPSA) is 41.5 Å². The third-order valence-corrected chi connectivity index (χ3v) is 10.7. The smallest absolute Gasteiger partial charge is 0.155 e. The van der Waals surface area contributed by atoms with Crippen LogP contribution >= 0.6 is 0 Å². The minimum Gasteiger partial charge on any atom is -0.310 e. The maximum atomic E-state index is 12.1. The summed E-state index contributed by atoms with van der Waals surface area (Å²) in [7, 11) is 0. The highest BCUT2D eigenvalue weighted by atomic mass is 16.1. The Morgan fingerprint density at radius 3 is 2.78 bits per heavy atom. The summed E-state index contributed by atoms with van der Waals surface area (Å²) in [6.45, 7) is 13.5. The Morgan fingerprint density at radius 2 is 2.00 bits per heavy atom. The van der Waals surface area contributed by atoms with Gasteiger partial charge in [0.25, 0.3) is 0 Å². The molecular weight excluding hydrogens is 392 g/mol. The van der Waals surface area contributed by atoms with Crippen molar-refractivity contribution in [3.05, 3.63) is 23.8 Å². The van der Waals surface area contributed by atoms with Crippen molar-refractivity contribution in [2.24, 2.45) is 39.5 Å². The van der Waals surface area contributed by atoms with Crippen LogP contribution in [-0.4, -0.2) is 30.6 Å². The third-order valence-electron chi connectivity index (χ3n) is 10.7. The van der Waals surface area contributed by atoms with E-state index in [1.807, 2.05) is 6.08 Å². The fourth-order valence-corrected chi connectivity index (χ4v) is 8.93. The Morgan fingerprint density at radius 1 is 1.16 bits per heavy atom. The lowest BCUT2D eigenvalue weighted by Crippen LogP contribution is -2.51. The normalized spacial score (nSPS) is 44.2. The Balaban J connectivity index is 1.24. The van der Waals surface area contributed by atoms with Crippen LogP contribution in [0.5, 0.6) is 0 Å². The molecule has 176 valence electrons. The Bertz CT molecular complexity index is 840. The molecule has 3 heteroatoms. The van der Waals surface area contributed by atoms with Gasteiger partial charge in [0.15, 0.2) is 5.78 Å². The molecule has 0 aromatic rings. The lowest BCUT2D eigenvalue weighted by atomic mass is 9.46. The molecule has 0 spiro atoms. The second-order valence-corrected chi connectivity index (χ2v) is 12.3. The number of rotatable bonds is 5. The van der Waals surface area contributed by atoms with Gasteiger partial charge in [0, 0.05) is 37.2 Å². The van der Waals surface area contributed by atoms with Crippen molar-refractivity contribution in [2.75, 3.05) is 13.1 Å². The van der Waals surface area contributed by atoms with E-state index in [0.717, 1.165) is 56.5 Å². The number of allylic oxidation sites excluding steroid dienone is 1. The highest BCUT2D eigenvalue weighted by Crippen LogP contribution is 2.66. The standard InChI is InChI=1S/C29H44N2O/c1-19-16-22(31-18-19)6-5-15-30-20(2)25-9-10-26-24-8-7-21-17-23(32)11-13-28(21,3)27(24)12-14-29(25,26)4/h17,22,24-27,31H,1,5-16,18H2,2-4H3. The first-order chi connectivity index (χ1) is 15.3. The zero-order valence-corrected chi connectivity index (χ0v) is 20.7. The Kier molecular flexibility index (Phi) is 6.01. The number of ketones is 1. The van der Waals surface area contributed by atoms with Crippen molar-refractivity contribution in [2.45, 2.75) is 97.4 Å². The lowest BCUT2D eigenvalue weighted by Gasteiger charge is -2.58. The number of fused-ring (bicyclic) bond motifs is 5. The van der Waals surface area contributed by atoms with Crippen molar-refractivity contribution >= 4 is 11.5 Å². The zero-order valence-electron chi connectivity index (χ0n) is 20.7. The van der Waals surface area contributed by atoms with E-state index in [2.05, 4.69) is 32.7 Å². The fraction of sp³-hybridized carbons (Fsp3) is 0.793. The minimum atomic E-state index is 0.291. The van der Waals surface area contributed by atoms with E-state index in [1.54, 1.807) is 0 Å². The average Bonchev–Trinajstić information content (AvgIpc) is 3.34. The molecule has 7 unspecified atom stereocenters. The van der Waals surface area contributed by atoms with Crippen molar-refractivity contribution in [3.63, 3.8) is 0 Å². The molecule has 1 saturated heterocycles. The molecule has 4 fully saturated rings. The van der Waals surface area contributed by atoms with Crippen LogP contribution in [0.1, 0.15) is 91.4 Å². The SMILES string of the molecule is C=C1CNC(CCCN=C(C)C2CCC3C4CCC5=CC(=O)CCC5(C)C4CCC23C)C1. The van der Waals surface area contributed by atoms with Crippen molar-refractivity contribution < 1.29 is 4.79 Å². The van der Waals surface area contributed by atoms with Gasteiger partial charge in [-0.15, -0.1) is 0 Å². The van der Waals surface area contributed by atoms with Gasteiger partial charge >= 0.3 is 0 Å². The van der Waals surface area contributed by atoms with Crippen molar-refractivity contribution in [1.82, 2.24) is 5.32 Å². The number of aliphatic imine (C=N–C) groups is 1. The first-order valence-corrected chi connectivity index (χ1v) is 13.5. The van der Waals surface area contributed by atoms with E-state index in [4.69, 9.17) is 4.99 Å². The number of carbonyl (C=O) groups is 1. The lowest BCUT2D eigenvalue weighted by molar-refractivity contribution is -0.117. The van der Waals surface area contributed by atoms with E-state index in [9.17, 15) is 4.79 Å². The second-order valence-electron chi connectivity index (χ2n) is 12.3. The predicted octanol–water partition coefficient (Wildman–Crippen LogP) is 6.29. The van der Waals surface area contributed by atoms with Crippen LogP contribution in [-0.2, 0) is 4.79 Å². The third kappa shape index (κ3) is 3.77. The fourth-order valence-electron chi connectivity index (χ4n) is 8.93. The summed E-state index contributed by atoms with van der Waals surface area (Å²) in [6, 6.07) is 0.628. The average molecular weight is 437 g/mol. The minimum absolute atomic E-state index is 0.291. The highest BCUT2D eigenvalue weighted by molar-refractivity contribution is 5.91. The van der Waals surface area contributed by atoms with Gasteiger partial charge in [-0.2, -0.15) is 0 Å². The first kappa shape index (κ1) is 22.6. The molecule has 0 bridgehead atoms. The van der Waals surface area contributed by atoms with E-state index < -0.39 is 0 Å². The number of nitrogens with one attached hydrogen (secondary N) is 1. The first-order valence-electron chi connectivity index (χ1n) is 13.5. The molecule has 7 atom stereocenters. The summed E-state index contributed by atoms with van der Waals surface area (Å²) in [4.78, 5) is 17.2. The molecule has 0 amide bonds. The molecule has 0 aromatic heterocycles. The van der Waals surface area contributed by atoms with Gasteiger partial charge in [-0.1, -0.05) is 31.6 Å². The van der Waals surface area contributed by atoms with Crippen molar-refractivity contribution in [3.8, 4) is 0 Å². The van der Waals surface area contributed by atoms with Crippen molar-refractivity contribution in [1.29, 1.82) is 0 Å². The molecule has 0 radical (unpaired) electrons. The largest absolute Gasteiger partial charge is 0.310 e. The van der Waals surface area contributed by atoms with Crippen LogP contribution in [0.3, 0.4) is 0 Å². The van der Waals surface area contributed by atoms with Crippen LogP contribution in [0.15, 0.2) is 28.8 Å². The zero-order chi connectivity index (χ0) is 22.5. The molecule has 1 aliphatic heterocycles. The number of nitrogens with zero attached hydrogens (tertiary/aromatic N) is 1. The van der Waals surface area contributed by atoms with Crippen LogP contribution < -0.4 is 5.32 Å². The monoisotopic (exact) mass is 436 g/mol. The van der Waals surface area contributed by atoms with Gasteiger partial charge in [-0.3, -0.25) is 9.79 Å². The molecule has 5 rings (SSSR count). The number of hydrogen-bond acceptors (Lipinski definition) is 3. The molecule has 1 heterocycles. The summed E-state index contributed by atoms with van der Waals surface area (Å²) >= 11 is 0. The molecule has 3 saturated carbocycles. The van der Waals surface area contributed by atoms with E-state index >= 15 is 0 Å². The number of hydrogen-bond donors (Lipinski definition) is 1. The Labute approximate surface area is 195 Å². The summed E-state index contributed by atoms with van der Waals surface area (Å²) in [5.41, 5.74) is 5.00. The van der Waals surface area contributed by atoms with Gasteiger partial charge in [-0.25, -0.2) is 0 Å². The second kappa shape index (κ2) is 8.53. The van der Waals surface area contributed by atoms with E-state index in [1.165, 1.54) is 61.8 Å². The summed E-state index contributed by atoms with van der Waals surface area (Å²) in [5.74, 6) is 3.54. The summed E-state index contributed by atoms with van der Waals surface area (Å²) < 4.78 is 0. The molecule has 32 heavy (non-hydrogen) atoms. The predicted molar refractivity (Wildman–Crippen MR) is 133 cm³/mol. The van der Waals surface area contributed by atoms with E-state index in [0.29, 0.717) is 28.6 Å². The maximum absolute atomic E-state index is 12.1. The van der Waals surface area contributed by atoms with Gasteiger partial charge in [0.05, 0.1) is 0 Å². The molecule has 3 nitrogen and oxygen atoms in total. The van der Waals surface area contributed by atoms with Crippen LogP contribution in [0, 0.1) is 34.5 Å². The highest BCUT2D eigenvalue weighted by Gasteiger charge is 2.59. The molecule has 0 aromatic carbocycles. The quantitative estimate of drug-likeness (QED) is 0.312. The maximum Gasteiger partial charge on any atom is 0.155 e.